The number of rotatable bonds is 3. The topological polar surface area (TPSA) is 89.3 Å². The number of nitrogens with one attached hydrogen (secondary N) is 1. The SMILES string of the molecule is CC(C)(NC1CCS(=O)(=O)CC1)C(N)=O. The number of nitrogens with two attached hydrogens (primary N) is 1. The van der Waals surface area contributed by atoms with Crippen LogP contribution in [-0.4, -0.2) is 37.4 Å². The summed E-state index contributed by atoms with van der Waals surface area (Å²) < 4.78 is 22.4. The zero-order valence-electron chi connectivity index (χ0n) is 9.12. The molecule has 0 aromatic rings. The number of primary amides is 1. The van der Waals surface area contributed by atoms with Crippen molar-refractivity contribution < 1.29 is 13.2 Å². The molecule has 88 valence electrons. The zero-order chi connectivity index (χ0) is 11.7. The zero-order valence-corrected chi connectivity index (χ0v) is 9.93. The van der Waals surface area contributed by atoms with Crippen LogP contribution in [0.3, 0.4) is 0 Å². The van der Waals surface area contributed by atoms with Gasteiger partial charge in [-0.1, -0.05) is 0 Å². The van der Waals surface area contributed by atoms with Gasteiger partial charge in [-0.25, -0.2) is 8.42 Å². The first-order valence-corrected chi connectivity index (χ1v) is 6.83. The highest BCUT2D eigenvalue weighted by Crippen LogP contribution is 2.15. The molecule has 1 rings (SSSR count). The van der Waals surface area contributed by atoms with Crippen molar-refractivity contribution in [1.29, 1.82) is 0 Å². The Balaban J connectivity index is 2.53. The van der Waals surface area contributed by atoms with E-state index in [-0.39, 0.29) is 17.5 Å². The van der Waals surface area contributed by atoms with E-state index in [0.717, 1.165) is 0 Å². The first-order valence-electron chi connectivity index (χ1n) is 5.01. The molecule has 5 nitrogen and oxygen atoms in total. The summed E-state index contributed by atoms with van der Waals surface area (Å²) in [6.45, 7) is 3.41. The molecule has 0 atom stereocenters. The maximum Gasteiger partial charge on any atom is 0.237 e. The van der Waals surface area contributed by atoms with E-state index in [2.05, 4.69) is 5.32 Å². The molecular formula is C9H18N2O3S. The lowest BCUT2D eigenvalue weighted by atomic mass is 10.0. The second-order valence-electron chi connectivity index (χ2n) is 4.56. The van der Waals surface area contributed by atoms with Gasteiger partial charge in [0.05, 0.1) is 17.0 Å². The van der Waals surface area contributed by atoms with Crippen molar-refractivity contribution in [1.82, 2.24) is 5.32 Å². The van der Waals surface area contributed by atoms with E-state index in [1.54, 1.807) is 13.8 Å². The highest BCUT2D eigenvalue weighted by atomic mass is 32.2. The quantitative estimate of drug-likeness (QED) is 0.683. The Labute approximate surface area is 90.3 Å². The third kappa shape index (κ3) is 3.46. The van der Waals surface area contributed by atoms with Crippen molar-refractivity contribution in [3.05, 3.63) is 0 Å². The highest BCUT2D eigenvalue weighted by Gasteiger charge is 2.31. The molecule has 1 saturated heterocycles. The number of hydrogen-bond donors (Lipinski definition) is 2. The van der Waals surface area contributed by atoms with E-state index in [0.29, 0.717) is 12.8 Å². The molecule has 1 heterocycles. The van der Waals surface area contributed by atoms with Crippen molar-refractivity contribution >= 4 is 15.7 Å². The lowest BCUT2D eigenvalue weighted by Gasteiger charge is -2.31. The third-order valence-electron chi connectivity index (χ3n) is 2.74. The predicted molar refractivity (Wildman–Crippen MR) is 58.1 cm³/mol. The number of amides is 1. The number of carbonyl (C=O) groups is 1. The van der Waals surface area contributed by atoms with Crippen LogP contribution in [0.4, 0.5) is 0 Å². The van der Waals surface area contributed by atoms with E-state index >= 15 is 0 Å². The van der Waals surface area contributed by atoms with Gasteiger partial charge in [0, 0.05) is 6.04 Å². The first kappa shape index (κ1) is 12.4. The molecule has 0 unspecified atom stereocenters. The van der Waals surface area contributed by atoms with Gasteiger partial charge in [0.15, 0.2) is 0 Å². The average molecular weight is 234 g/mol. The van der Waals surface area contributed by atoms with Crippen molar-refractivity contribution in [3.8, 4) is 0 Å². The standard InChI is InChI=1S/C9H18N2O3S/c1-9(2,8(10)12)11-7-3-5-15(13,14)6-4-7/h7,11H,3-6H2,1-2H3,(H2,10,12). The van der Waals surface area contributed by atoms with Gasteiger partial charge in [-0.15, -0.1) is 0 Å². The highest BCUT2D eigenvalue weighted by molar-refractivity contribution is 7.91. The van der Waals surface area contributed by atoms with Gasteiger partial charge in [-0.05, 0) is 26.7 Å². The van der Waals surface area contributed by atoms with Crippen LogP contribution >= 0.6 is 0 Å². The lowest BCUT2D eigenvalue weighted by molar-refractivity contribution is -0.123. The van der Waals surface area contributed by atoms with E-state index in [1.165, 1.54) is 0 Å². The van der Waals surface area contributed by atoms with E-state index in [9.17, 15) is 13.2 Å². The summed E-state index contributed by atoms with van der Waals surface area (Å²) in [6, 6.07) is 0.0658. The fraction of sp³-hybridized carbons (Fsp3) is 0.889. The summed E-state index contributed by atoms with van der Waals surface area (Å²) in [5, 5.41) is 3.09. The van der Waals surface area contributed by atoms with E-state index in [4.69, 9.17) is 5.73 Å². The van der Waals surface area contributed by atoms with Crippen LogP contribution in [0.5, 0.6) is 0 Å². The number of carbonyl (C=O) groups excluding carboxylic acids is 1. The van der Waals surface area contributed by atoms with Crippen LogP contribution in [0.15, 0.2) is 0 Å². The molecule has 0 aromatic heterocycles. The molecule has 3 N–H and O–H groups in total. The number of sulfone groups is 1. The normalized spacial score (nSPS) is 22.5. The molecule has 15 heavy (non-hydrogen) atoms. The molecule has 0 aromatic carbocycles. The molecular weight excluding hydrogens is 216 g/mol. The average Bonchev–Trinajstić information content (AvgIpc) is 2.08. The predicted octanol–water partition coefficient (Wildman–Crippen LogP) is -0.583. The molecule has 6 heteroatoms. The first-order chi connectivity index (χ1) is 6.73. The van der Waals surface area contributed by atoms with Gasteiger partial charge in [-0.2, -0.15) is 0 Å². The van der Waals surface area contributed by atoms with Gasteiger partial charge in [0.2, 0.25) is 5.91 Å². The summed E-state index contributed by atoms with van der Waals surface area (Å²) in [5.74, 6) is -0.0325. The maximum absolute atomic E-state index is 11.2. The lowest BCUT2D eigenvalue weighted by Crippen LogP contribution is -2.56. The van der Waals surface area contributed by atoms with Gasteiger partial charge >= 0.3 is 0 Å². The Morgan fingerprint density at radius 2 is 1.80 bits per heavy atom. The third-order valence-corrected chi connectivity index (χ3v) is 4.45. The van der Waals surface area contributed by atoms with Gasteiger partial charge in [-0.3, -0.25) is 4.79 Å². The van der Waals surface area contributed by atoms with Gasteiger partial charge in [0.1, 0.15) is 9.84 Å². The van der Waals surface area contributed by atoms with Crippen LogP contribution in [0.1, 0.15) is 26.7 Å². The Morgan fingerprint density at radius 1 is 1.33 bits per heavy atom. The molecule has 0 aliphatic carbocycles. The summed E-state index contributed by atoms with van der Waals surface area (Å²) in [4.78, 5) is 11.1. The van der Waals surface area contributed by atoms with Crippen molar-refractivity contribution in [2.24, 2.45) is 5.73 Å². The van der Waals surface area contributed by atoms with Crippen molar-refractivity contribution in [3.63, 3.8) is 0 Å². The van der Waals surface area contributed by atoms with Crippen molar-refractivity contribution in [2.75, 3.05) is 11.5 Å². The van der Waals surface area contributed by atoms with Crippen LogP contribution < -0.4 is 11.1 Å². The Bertz CT molecular complexity index is 334. The fourth-order valence-electron chi connectivity index (χ4n) is 1.62. The van der Waals surface area contributed by atoms with E-state index < -0.39 is 21.3 Å². The minimum absolute atomic E-state index is 0.0658. The summed E-state index contributed by atoms with van der Waals surface area (Å²) >= 11 is 0. The van der Waals surface area contributed by atoms with Crippen LogP contribution in [0, 0.1) is 0 Å². The molecule has 0 saturated carbocycles. The molecule has 0 radical (unpaired) electrons. The minimum atomic E-state index is -2.85. The Morgan fingerprint density at radius 3 is 2.20 bits per heavy atom. The smallest absolute Gasteiger partial charge is 0.237 e. The van der Waals surface area contributed by atoms with Gasteiger partial charge in [0.25, 0.3) is 0 Å². The monoisotopic (exact) mass is 234 g/mol. The fourth-order valence-corrected chi connectivity index (χ4v) is 3.11. The molecule has 1 fully saturated rings. The van der Waals surface area contributed by atoms with Crippen LogP contribution in [0.2, 0.25) is 0 Å². The molecule has 1 amide bonds. The largest absolute Gasteiger partial charge is 0.368 e. The molecule has 0 bridgehead atoms. The summed E-state index contributed by atoms with van der Waals surface area (Å²) in [7, 11) is -2.85. The van der Waals surface area contributed by atoms with Crippen LogP contribution in [0.25, 0.3) is 0 Å². The minimum Gasteiger partial charge on any atom is -0.368 e. The maximum atomic E-state index is 11.2. The number of hydrogen-bond acceptors (Lipinski definition) is 4. The Kier molecular flexibility index (Phi) is 3.40. The second-order valence-corrected chi connectivity index (χ2v) is 6.86. The molecule has 1 aliphatic rings. The summed E-state index contributed by atoms with van der Waals surface area (Å²) in [6.07, 6.45) is 1.11. The van der Waals surface area contributed by atoms with Crippen molar-refractivity contribution in [2.45, 2.75) is 38.3 Å². The van der Waals surface area contributed by atoms with Gasteiger partial charge < -0.3 is 11.1 Å². The molecule has 0 spiro atoms. The summed E-state index contributed by atoms with van der Waals surface area (Å²) in [5.41, 5.74) is 4.45. The Hall–Kier alpha value is -0.620. The molecule has 1 aliphatic heterocycles. The second kappa shape index (κ2) is 4.09. The van der Waals surface area contributed by atoms with E-state index in [1.807, 2.05) is 0 Å². The van der Waals surface area contributed by atoms with Crippen LogP contribution in [-0.2, 0) is 14.6 Å².